The topological polar surface area (TPSA) is 49.2 Å². The van der Waals surface area contributed by atoms with Crippen molar-refractivity contribution in [2.75, 3.05) is 31.2 Å². The van der Waals surface area contributed by atoms with Gasteiger partial charge in [0.2, 0.25) is 0 Å². The van der Waals surface area contributed by atoms with E-state index in [4.69, 9.17) is 9.72 Å². The molecule has 2 heterocycles. The number of fused-ring (bicyclic) bond motifs is 1. The van der Waals surface area contributed by atoms with Gasteiger partial charge in [-0.1, -0.05) is 18.2 Å². The lowest BCUT2D eigenvalue weighted by atomic mass is 10.1. The Labute approximate surface area is 112 Å². The highest BCUT2D eigenvalue weighted by atomic mass is 16.5. The first-order chi connectivity index (χ1) is 9.29. The van der Waals surface area contributed by atoms with Crippen LogP contribution in [0.3, 0.4) is 0 Å². The summed E-state index contributed by atoms with van der Waals surface area (Å²) in [6.45, 7) is 5.01. The van der Waals surface area contributed by atoms with E-state index in [1.54, 1.807) is 0 Å². The van der Waals surface area contributed by atoms with E-state index >= 15 is 0 Å². The molecule has 4 heteroatoms. The summed E-state index contributed by atoms with van der Waals surface area (Å²) in [5.41, 5.74) is 2.75. The zero-order valence-corrected chi connectivity index (χ0v) is 10.9. The second-order valence-corrected chi connectivity index (χ2v) is 4.72. The molecule has 0 aliphatic carbocycles. The van der Waals surface area contributed by atoms with Crippen LogP contribution in [-0.2, 0) is 4.74 Å². The first kappa shape index (κ1) is 11.9. The Balaban J connectivity index is 2.16. The average molecular weight is 253 g/mol. The van der Waals surface area contributed by atoms with E-state index in [2.05, 4.69) is 11.0 Å². The van der Waals surface area contributed by atoms with E-state index in [1.807, 2.05) is 31.2 Å². The molecule has 0 saturated carbocycles. The molecule has 1 saturated heterocycles. The fourth-order valence-electron chi connectivity index (χ4n) is 2.44. The van der Waals surface area contributed by atoms with Crippen LogP contribution in [0.4, 0.5) is 5.82 Å². The summed E-state index contributed by atoms with van der Waals surface area (Å²) in [6, 6.07) is 10.2. The predicted molar refractivity (Wildman–Crippen MR) is 74.2 cm³/mol. The minimum Gasteiger partial charge on any atom is -0.378 e. The van der Waals surface area contributed by atoms with Gasteiger partial charge in [0.1, 0.15) is 11.9 Å². The quantitative estimate of drug-likeness (QED) is 0.782. The molecule has 0 bridgehead atoms. The smallest absolute Gasteiger partial charge is 0.147 e. The van der Waals surface area contributed by atoms with Gasteiger partial charge in [-0.25, -0.2) is 4.98 Å². The molecule has 0 unspecified atom stereocenters. The molecule has 1 aromatic carbocycles. The summed E-state index contributed by atoms with van der Waals surface area (Å²) in [4.78, 5) is 6.85. The Bertz CT molecular complexity index is 654. The Morgan fingerprint density at radius 2 is 2.11 bits per heavy atom. The Kier molecular flexibility index (Phi) is 3.06. The summed E-state index contributed by atoms with van der Waals surface area (Å²) < 4.78 is 5.35. The Morgan fingerprint density at radius 3 is 2.84 bits per heavy atom. The highest BCUT2D eigenvalue weighted by Gasteiger charge is 2.17. The van der Waals surface area contributed by atoms with E-state index in [0.717, 1.165) is 35.4 Å². The number of pyridine rings is 1. The van der Waals surface area contributed by atoms with Gasteiger partial charge in [-0.05, 0) is 18.6 Å². The number of nitriles is 1. The number of aromatic nitrogens is 1. The van der Waals surface area contributed by atoms with Crippen LogP contribution in [0.1, 0.15) is 11.1 Å². The largest absolute Gasteiger partial charge is 0.378 e. The predicted octanol–water partition coefficient (Wildman–Crippen LogP) is 2.25. The van der Waals surface area contributed by atoms with Crippen molar-refractivity contribution < 1.29 is 4.74 Å². The van der Waals surface area contributed by atoms with Crippen LogP contribution in [0.15, 0.2) is 24.3 Å². The van der Waals surface area contributed by atoms with E-state index in [-0.39, 0.29) is 0 Å². The molecule has 0 amide bonds. The van der Waals surface area contributed by atoms with E-state index in [9.17, 15) is 5.26 Å². The van der Waals surface area contributed by atoms with Crippen molar-refractivity contribution in [2.45, 2.75) is 6.92 Å². The number of aryl methyl sites for hydroxylation is 1. The van der Waals surface area contributed by atoms with Crippen LogP contribution in [-0.4, -0.2) is 31.3 Å². The number of anilines is 1. The molecule has 0 N–H and O–H groups in total. The number of benzene rings is 1. The first-order valence-corrected chi connectivity index (χ1v) is 6.43. The van der Waals surface area contributed by atoms with Gasteiger partial charge in [0.25, 0.3) is 0 Å². The van der Waals surface area contributed by atoms with Crippen LogP contribution in [0, 0.1) is 18.3 Å². The maximum atomic E-state index is 9.33. The summed E-state index contributed by atoms with van der Waals surface area (Å²) in [5.74, 6) is 0.785. The van der Waals surface area contributed by atoms with E-state index in [1.165, 1.54) is 0 Å². The summed E-state index contributed by atoms with van der Waals surface area (Å²) in [6.07, 6.45) is 0. The molecule has 1 aliphatic heterocycles. The third-order valence-corrected chi connectivity index (χ3v) is 3.46. The van der Waals surface area contributed by atoms with Gasteiger partial charge < -0.3 is 9.64 Å². The molecule has 1 aromatic heterocycles. The molecular formula is C15H15N3O. The molecule has 3 rings (SSSR count). The van der Waals surface area contributed by atoms with Crippen LogP contribution >= 0.6 is 0 Å². The zero-order valence-electron chi connectivity index (χ0n) is 10.9. The lowest BCUT2D eigenvalue weighted by Gasteiger charge is -2.28. The van der Waals surface area contributed by atoms with Gasteiger partial charge in [-0.2, -0.15) is 5.26 Å². The molecule has 0 atom stereocenters. The minimum absolute atomic E-state index is 0.639. The number of hydrogen-bond acceptors (Lipinski definition) is 4. The maximum absolute atomic E-state index is 9.33. The number of para-hydroxylation sites is 1. The molecule has 96 valence electrons. The summed E-state index contributed by atoms with van der Waals surface area (Å²) in [7, 11) is 0. The lowest BCUT2D eigenvalue weighted by molar-refractivity contribution is 0.122. The standard InChI is InChI=1S/C15H15N3O/c1-11-3-2-4-12-9-13(10-16)15(17-14(11)12)18-5-7-19-8-6-18/h2-4,9H,5-8H2,1H3. The number of ether oxygens (including phenoxy) is 1. The molecule has 1 aliphatic rings. The monoisotopic (exact) mass is 253 g/mol. The average Bonchev–Trinajstić information content (AvgIpc) is 2.47. The second-order valence-electron chi connectivity index (χ2n) is 4.72. The molecule has 0 radical (unpaired) electrons. The molecular weight excluding hydrogens is 238 g/mol. The Hall–Kier alpha value is -2.12. The van der Waals surface area contributed by atoms with Crippen LogP contribution in [0.25, 0.3) is 10.9 Å². The van der Waals surface area contributed by atoms with Crippen LogP contribution < -0.4 is 4.90 Å². The van der Waals surface area contributed by atoms with Crippen molar-refractivity contribution >= 4 is 16.7 Å². The SMILES string of the molecule is Cc1cccc2cc(C#N)c(N3CCOCC3)nc12. The van der Waals surface area contributed by atoms with Crippen molar-refractivity contribution in [3.05, 3.63) is 35.4 Å². The van der Waals surface area contributed by atoms with Gasteiger partial charge in [0, 0.05) is 18.5 Å². The second kappa shape index (κ2) is 4.87. The van der Waals surface area contributed by atoms with Gasteiger partial charge in [0.15, 0.2) is 0 Å². The normalized spacial score (nSPS) is 15.5. The summed E-state index contributed by atoms with van der Waals surface area (Å²) >= 11 is 0. The lowest BCUT2D eigenvalue weighted by Crippen LogP contribution is -2.37. The highest BCUT2D eigenvalue weighted by Crippen LogP contribution is 2.25. The minimum atomic E-state index is 0.639. The highest BCUT2D eigenvalue weighted by molar-refractivity contribution is 5.85. The van der Waals surface area contributed by atoms with Crippen molar-refractivity contribution in [3.63, 3.8) is 0 Å². The first-order valence-electron chi connectivity index (χ1n) is 6.43. The third kappa shape index (κ3) is 2.13. The van der Waals surface area contributed by atoms with Crippen LogP contribution in [0.5, 0.6) is 0 Å². The van der Waals surface area contributed by atoms with Gasteiger partial charge in [0.05, 0.1) is 24.3 Å². The third-order valence-electron chi connectivity index (χ3n) is 3.46. The molecule has 4 nitrogen and oxygen atoms in total. The number of hydrogen-bond donors (Lipinski definition) is 0. The number of rotatable bonds is 1. The van der Waals surface area contributed by atoms with Crippen LogP contribution in [0.2, 0.25) is 0 Å². The zero-order chi connectivity index (χ0) is 13.2. The molecule has 0 spiro atoms. The number of morpholine rings is 1. The van der Waals surface area contributed by atoms with Gasteiger partial charge in [-0.3, -0.25) is 0 Å². The molecule has 2 aromatic rings. The van der Waals surface area contributed by atoms with Crippen molar-refractivity contribution in [1.82, 2.24) is 4.98 Å². The molecule has 19 heavy (non-hydrogen) atoms. The number of nitrogens with zero attached hydrogens (tertiary/aromatic N) is 3. The fraction of sp³-hybridized carbons (Fsp3) is 0.333. The maximum Gasteiger partial charge on any atom is 0.147 e. The molecule has 1 fully saturated rings. The van der Waals surface area contributed by atoms with Gasteiger partial charge in [-0.15, -0.1) is 0 Å². The van der Waals surface area contributed by atoms with E-state index in [0.29, 0.717) is 18.8 Å². The van der Waals surface area contributed by atoms with Crippen molar-refractivity contribution in [1.29, 1.82) is 5.26 Å². The summed E-state index contributed by atoms with van der Waals surface area (Å²) in [5, 5.41) is 10.4. The van der Waals surface area contributed by atoms with Crippen molar-refractivity contribution in [2.24, 2.45) is 0 Å². The van der Waals surface area contributed by atoms with Gasteiger partial charge >= 0.3 is 0 Å². The fourth-order valence-corrected chi connectivity index (χ4v) is 2.44. The van der Waals surface area contributed by atoms with E-state index < -0.39 is 0 Å². The van der Waals surface area contributed by atoms with Crippen molar-refractivity contribution in [3.8, 4) is 6.07 Å². The Morgan fingerprint density at radius 1 is 1.32 bits per heavy atom.